The molecule has 0 amide bonds. The molecule has 0 N–H and O–H groups in total. The number of nitrogens with zero attached hydrogens (tertiary/aromatic N) is 4. The predicted molar refractivity (Wildman–Crippen MR) is 126 cm³/mol. The number of aryl methyl sites for hydroxylation is 1. The highest BCUT2D eigenvalue weighted by molar-refractivity contribution is 7.11. The van der Waals surface area contributed by atoms with Crippen LogP contribution in [0.1, 0.15) is 19.5 Å². The predicted octanol–water partition coefficient (Wildman–Crippen LogP) is -1.76. The van der Waals surface area contributed by atoms with E-state index in [1.54, 1.807) is 9.13 Å². The minimum Gasteiger partial charge on any atom is -1.00 e. The fourth-order valence-electron chi connectivity index (χ4n) is 3.57. The molecule has 6 nitrogen and oxygen atoms in total. The fraction of sp³-hybridized carbons (Fsp3) is 0.261. The van der Waals surface area contributed by atoms with Crippen molar-refractivity contribution in [2.75, 3.05) is 7.05 Å². The molecular formula is C23H25IN4O2S2. The third-order valence-electron chi connectivity index (χ3n) is 5.28. The van der Waals surface area contributed by atoms with Crippen molar-refractivity contribution < 1.29 is 28.5 Å². The van der Waals surface area contributed by atoms with Crippen LogP contribution in [0.15, 0.2) is 58.4 Å². The van der Waals surface area contributed by atoms with Crippen molar-refractivity contribution in [2.45, 2.75) is 26.9 Å². The van der Waals surface area contributed by atoms with Crippen LogP contribution in [-0.4, -0.2) is 21.1 Å². The molecule has 1 aliphatic rings. The smallest absolute Gasteiger partial charge is 0.272 e. The molecule has 0 atom stereocenters. The van der Waals surface area contributed by atoms with Crippen molar-refractivity contribution in [3.05, 3.63) is 93.6 Å². The second kappa shape index (κ2) is 10.1. The van der Waals surface area contributed by atoms with Crippen LogP contribution in [0.4, 0.5) is 0 Å². The minimum absolute atomic E-state index is 0. The Morgan fingerprint density at radius 1 is 1.00 bits per heavy atom. The first kappa shape index (κ1) is 24.4. The summed E-state index contributed by atoms with van der Waals surface area (Å²) in [5, 5.41) is 0. The molecule has 4 rings (SSSR count). The molecule has 168 valence electrons. The monoisotopic (exact) mass is 580 g/mol. The Kier molecular flexibility index (Phi) is 7.73. The summed E-state index contributed by atoms with van der Waals surface area (Å²) >= 11 is 2.84. The standard InChI is InChI=1S/C23H25N4O2S2.HI/c1-5-26-18(15-16-11-7-9-13-24(16)3)30-20(22(26)29)23-27(6-2)21(28)19(31-23)17-12-8-10-14-25(17)4;/h7-15H,5-6H2,1-4H3;1H/q+1;/p-1/b19-17-,23-20+;. The highest BCUT2D eigenvalue weighted by atomic mass is 127. The zero-order valence-electron chi connectivity index (χ0n) is 18.4. The lowest BCUT2D eigenvalue weighted by atomic mass is 10.3. The van der Waals surface area contributed by atoms with E-state index in [0.717, 1.165) is 20.7 Å². The maximum Gasteiger partial charge on any atom is 0.272 e. The van der Waals surface area contributed by atoms with E-state index in [4.69, 9.17) is 0 Å². The van der Waals surface area contributed by atoms with Crippen LogP contribution in [-0.2, 0) is 20.1 Å². The molecule has 0 aromatic carbocycles. The van der Waals surface area contributed by atoms with Crippen LogP contribution in [0, 0.1) is 9.20 Å². The Labute approximate surface area is 210 Å². The lowest BCUT2D eigenvalue weighted by Crippen LogP contribution is -3.00. The second-order valence-electron chi connectivity index (χ2n) is 7.18. The normalized spacial score (nSPS) is 16.5. The van der Waals surface area contributed by atoms with Crippen molar-refractivity contribution >= 4 is 34.4 Å². The first-order valence-electron chi connectivity index (χ1n) is 10.2. The third-order valence-corrected chi connectivity index (χ3v) is 7.73. The molecule has 1 aliphatic heterocycles. The quantitative estimate of drug-likeness (QED) is 0.273. The molecule has 9 heteroatoms. The number of allylic oxidation sites excluding steroid dienone is 2. The van der Waals surface area contributed by atoms with Crippen LogP contribution in [0.3, 0.4) is 0 Å². The average Bonchev–Trinajstić information content (AvgIpc) is 3.25. The molecule has 3 aromatic heterocycles. The molecule has 0 unspecified atom stereocenters. The third kappa shape index (κ3) is 4.33. The first-order chi connectivity index (χ1) is 15.0. The van der Waals surface area contributed by atoms with Gasteiger partial charge in [-0.25, -0.2) is 4.57 Å². The number of halogens is 1. The summed E-state index contributed by atoms with van der Waals surface area (Å²) in [6.45, 7) is 4.99. The molecule has 0 radical (unpaired) electrons. The molecular weight excluding hydrogens is 555 g/mol. The molecule has 32 heavy (non-hydrogen) atoms. The first-order valence-corrected chi connectivity index (χ1v) is 11.8. The maximum absolute atomic E-state index is 13.3. The highest BCUT2D eigenvalue weighted by Crippen LogP contribution is 2.10. The summed E-state index contributed by atoms with van der Waals surface area (Å²) < 4.78 is 8.37. The van der Waals surface area contributed by atoms with Gasteiger partial charge < -0.3 is 28.9 Å². The van der Waals surface area contributed by atoms with Gasteiger partial charge in [-0.05, 0) is 32.1 Å². The SMILES string of the molecule is CCn1c(=O)/c(=c2\s/c(=C3/C=CC=CN3C)c(=O)n2CC)s/c1=C\c1cccc[n+]1C.[I-]. The van der Waals surface area contributed by atoms with Gasteiger partial charge in [0.15, 0.2) is 6.20 Å². The summed E-state index contributed by atoms with van der Waals surface area (Å²) in [5.41, 5.74) is 1.75. The van der Waals surface area contributed by atoms with Crippen LogP contribution < -0.4 is 48.9 Å². The Hall–Kier alpha value is -2.24. The summed E-state index contributed by atoms with van der Waals surface area (Å²) in [5.74, 6) is 0. The second-order valence-corrected chi connectivity index (χ2v) is 9.21. The highest BCUT2D eigenvalue weighted by Gasteiger charge is 2.14. The molecule has 0 spiro atoms. The van der Waals surface area contributed by atoms with Gasteiger partial charge >= 0.3 is 0 Å². The van der Waals surface area contributed by atoms with Gasteiger partial charge in [-0.2, -0.15) is 0 Å². The van der Waals surface area contributed by atoms with E-state index in [1.807, 2.05) is 92.3 Å². The number of pyridine rings is 1. The molecule has 0 saturated heterocycles. The van der Waals surface area contributed by atoms with Gasteiger partial charge in [0, 0.05) is 44.5 Å². The number of likely N-dealkylation sites (N-methyl/N-ethyl adjacent to an activating group) is 1. The van der Waals surface area contributed by atoms with Gasteiger partial charge in [0.25, 0.3) is 11.1 Å². The molecule has 0 bridgehead atoms. The van der Waals surface area contributed by atoms with Gasteiger partial charge in [-0.15, -0.1) is 22.7 Å². The molecule has 3 aromatic rings. The molecule has 0 fully saturated rings. The summed E-state index contributed by atoms with van der Waals surface area (Å²) in [7, 11) is 3.90. The number of hydrogen-bond donors (Lipinski definition) is 0. The van der Waals surface area contributed by atoms with Gasteiger partial charge in [0.05, 0.1) is 5.70 Å². The Bertz CT molecular complexity index is 1540. The maximum atomic E-state index is 13.3. The lowest BCUT2D eigenvalue weighted by molar-refractivity contribution is -0.673. The zero-order valence-corrected chi connectivity index (χ0v) is 22.2. The van der Waals surface area contributed by atoms with E-state index in [1.165, 1.54) is 22.7 Å². The van der Waals surface area contributed by atoms with Gasteiger partial charge in [0.1, 0.15) is 25.4 Å². The Morgan fingerprint density at radius 3 is 2.38 bits per heavy atom. The minimum atomic E-state index is -0.0554. The summed E-state index contributed by atoms with van der Waals surface area (Å²) in [6.07, 6.45) is 11.7. The van der Waals surface area contributed by atoms with Crippen molar-refractivity contribution in [1.29, 1.82) is 0 Å². The Morgan fingerprint density at radius 2 is 1.72 bits per heavy atom. The molecule has 0 saturated carbocycles. The topological polar surface area (TPSA) is 51.1 Å². The summed E-state index contributed by atoms with van der Waals surface area (Å²) in [4.78, 5) is 28.5. The van der Waals surface area contributed by atoms with Crippen LogP contribution >= 0.6 is 22.7 Å². The van der Waals surface area contributed by atoms with E-state index >= 15 is 0 Å². The number of hydrogen-bond acceptors (Lipinski definition) is 5. The Balaban J connectivity index is 0.00000289. The zero-order chi connectivity index (χ0) is 22.1. The molecule has 0 aliphatic carbocycles. The van der Waals surface area contributed by atoms with Crippen molar-refractivity contribution in [3.8, 4) is 0 Å². The largest absolute Gasteiger partial charge is 1.00 e. The van der Waals surface area contributed by atoms with Crippen LogP contribution in [0.25, 0.3) is 11.8 Å². The number of thiazole rings is 2. The van der Waals surface area contributed by atoms with E-state index < -0.39 is 0 Å². The van der Waals surface area contributed by atoms with Gasteiger partial charge in [0.2, 0.25) is 5.69 Å². The van der Waals surface area contributed by atoms with Crippen LogP contribution in [0.2, 0.25) is 0 Å². The van der Waals surface area contributed by atoms with Crippen molar-refractivity contribution in [3.63, 3.8) is 0 Å². The number of aromatic nitrogens is 3. The summed E-state index contributed by atoms with van der Waals surface area (Å²) in [6, 6.07) is 5.97. The molecule has 4 heterocycles. The van der Waals surface area contributed by atoms with E-state index in [-0.39, 0.29) is 35.1 Å². The lowest BCUT2D eigenvalue weighted by Gasteiger charge is -2.16. The van der Waals surface area contributed by atoms with Gasteiger partial charge in [-0.1, -0.05) is 6.08 Å². The van der Waals surface area contributed by atoms with E-state index in [2.05, 4.69) is 0 Å². The van der Waals surface area contributed by atoms with Crippen molar-refractivity contribution in [2.24, 2.45) is 7.05 Å². The van der Waals surface area contributed by atoms with Crippen LogP contribution in [0.5, 0.6) is 0 Å². The fourth-order valence-corrected chi connectivity index (χ4v) is 6.13. The van der Waals surface area contributed by atoms with Gasteiger partial charge in [-0.3, -0.25) is 18.7 Å². The average molecular weight is 581 g/mol. The van der Waals surface area contributed by atoms with E-state index in [0.29, 0.717) is 22.2 Å². The number of rotatable bonds is 3. The van der Waals surface area contributed by atoms with E-state index in [9.17, 15) is 9.59 Å². The van der Waals surface area contributed by atoms with Crippen molar-refractivity contribution in [1.82, 2.24) is 14.0 Å².